The first-order valence-corrected chi connectivity index (χ1v) is 8.86. The summed E-state index contributed by atoms with van der Waals surface area (Å²) in [5, 5.41) is 0. The van der Waals surface area contributed by atoms with E-state index in [1.165, 1.54) is 36.8 Å². The SMILES string of the molecule is C/C=C(\CC)c1ccc(OC2CCC(C(C)(C)C)CC2)cc1. The van der Waals surface area contributed by atoms with E-state index in [2.05, 4.69) is 65.0 Å². The fraction of sp³-hybridized carbons (Fsp3) is 0.619. The van der Waals surface area contributed by atoms with E-state index in [9.17, 15) is 0 Å². The Labute approximate surface area is 136 Å². The minimum atomic E-state index is 0.400. The second-order valence-electron chi connectivity index (χ2n) is 7.65. The topological polar surface area (TPSA) is 9.23 Å². The van der Waals surface area contributed by atoms with Crippen LogP contribution in [0.15, 0.2) is 30.3 Å². The molecule has 0 aromatic heterocycles. The van der Waals surface area contributed by atoms with Crippen LogP contribution in [0, 0.1) is 11.3 Å². The summed E-state index contributed by atoms with van der Waals surface area (Å²) in [7, 11) is 0. The number of hydrogen-bond acceptors (Lipinski definition) is 1. The maximum absolute atomic E-state index is 6.20. The van der Waals surface area contributed by atoms with Gasteiger partial charge in [-0.05, 0) is 73.6 Å². The van der Waals surface area contributed by atoms with Crippen molar-refractivity contribution in [3.63, 3.8) is 0 Å². The van der Waals surface area contributed by atoms with Crippen LogP contribution < -0.4 is 4.74 Å². The molecule has 1 saturated carbocycles. The first-order valence-electron chi connectivity index (χ1n) is 8.86. The van der Waals surface area contributed by atoms with Crippen LogP contribution in [-0.2, 0) is 0 Å². The molecule has 122 valence electrons. The fourth-order valence-electron chi connectivity index (χ4n) is 3.56. The van der Waals surface area contributed by atoms with Crippen molar-refractivity contribution in [2.75, 3.05) is 0 Å². The number of rotatable bonds is 4. The molecule has 0 unspecified atom stereocenters. The second kappa shape index (κ2) is 7.35. The van der Waals surface area contributed by atoms with E-state index in [0.29, 0.717) is 11.5 Å². The third kappa shape index (κ3) is 4.38. The van der Waals surface area contributed by atoms with E-state index in [-0.39, 0.29) is 0 Å². The second-order valence-corrected chi connectivity index (χ2v) is 7.65. The number of allylic oxidation sites excluding steroid dienone is 2. The van der Waals surface area contributed by atoms with Crippen LogP contribution in [-0.4, -0.2) is 6.10 Å². The van der Waals surface area contributed by atoms with Gasteiger partial charge in [-0.25, -0.2) is 0 Å². The highest BCUT2D eigenvalue weighted by Gasteiger charge is 2.30. The number of hydrogen-bond donors (Lipinski definition) is 0. The average Bonchev–Trinajstić information content (AvgIpc) is 2.50. The molecule has 1 nitrogen and oxygen atoms in total. The largest absolute Gasteiger partial charge is 0.490 e. The summed E-state index contributed by atoms with van der Waals surface area (Å²) in [5.74, 6) is 1.87. The van der Waals surface area contributed by atoms with Crippen molar-refractivity contribution in [1.82, 2.24) is 0 Å². The van der Waals surface area contributed by atoms with E-state index in [1.807, 2.05) is 0 Å². The molecule has 1 aliphatic carbocycles. The molecule has 0 amide bonds. The van der Waals surface area contributed by atoms with Crippen LogP contribution in [0.5, 0.6) is 5.75 Å². The van der Waals surface area contributed by atoms with Gasteiger partial charge in [0.1, 0.15) is 5.75 Å². The lowest BCUT2D eigenvalue weighted by molar-refractivity contribution is 0.0882. The zero-order valence-corrected chi connectivity index (χ0v) is 15.0. The molecular formula is C21H32O. The smallest absolute Gasteiger partial charge is 0.119 e. The highest BCUT2D eigenvalue weighted by molar-refractivity contribution is 5.65. The van der Waals surface area contributed by atoms with Gasteiger partial charge in [0.25, 0.3) is 0 Å². The van der Waals surface area contributed by atoms with Gasteiger partial charge in [-0.1, -0.05) is 45.9 Å². The molecule has 1 aliphatic rings. The molecular weight excluding hydrogens is 268 g/mol. The highest BCUT2D eigenvalue weighted by atomic mass is 16.5. The number of benzene rings is 1. The van der Waals surface area contributed by atoms with Crippen LogP contribution >= 0.6 is 0 Å². The molecule has 22 heavy (non-hydrogen) atoms. The standard InChI is InChI=1S/C21H32O/c1-6-16(7-2)17-8-12-19(13-9-17)22-20-14-10-18(11-15-20)21(3,4)5/h6,8-9,12-13,18,20H,7,10-11,14-15H2,1-5H3/b16-6+. The molecule has 1 heteroatoms. The summed E-state index contributed by atoms with van der Waals surface area (Å²) < 4.78 is 6.20. The lowest BCUT2D eigenvalue weighted by atomic mass is 9.72. The molecule has 1 aromatic rings. The lowest BCUT2D eigenvalue weighted by Gasteiger charge is -2.36. The van der Waals surface area contributed by atoms with Gasteiger partial charge in [-0.15, -0.1) is 0 Å². The first-order chi connectivity index (χ1) is 10.4. The Bertz CT molecular complexity index is 482. The minimum Gasteiger partial charge on any atom is -0.490 e. The van der Waals surface area contributed by atoms with Crippen molar-refractivity contribution in [2.45, 2.75) is 72.8 Å². The van der Waals surface area contributed by atoms with Gasteiger partial charge in [-0.2, -0.15) is 0 Å². The molecule has 0 saturated heterocycles. The Morgan fingerprint density at radius 1 is 1.09 bits per heavy atom. The van der Waals surface area contributed by atoms with Gasteiger partial charge in [0, 0.05) is 0 Å². The zero-order valence-electron chi connectivity index (χ0n) is 15.0. The van der Waals surface area contributed by atoms with Crippen molar-refractivity contribution in [2.24, 2.45) is 11.3 Å². The van der Waals surface area contributed by atoms with Gasteiger partial charge in [0.15, 0.2) is 0 Å². The summed E-state index contributed by atoms with van der Waals surface area (Å²) in [4.78, 5) is 0. The predicted octanol–water partition coefficient (Wildman–Crippen LogP) is 6.48. The van der Waals surface area contributed by atoms with Crippen LogP contribution in [0.2, 0.25) is 0 Å². The van der Waals surface area contributed by atoms with E-state index >= 15 is 0 Å². The van der Waals surface area contributed by atoms with Crippen molar-refractivity contribution in [3.05, 3.63) is 35.9 Å². The molecule has 0 radical (unpaired) electrons. The Balaban J connectivity index is 1.90. The van der Waals surface area contributed by atoms with Gasteiger partial charge in [-0.3, -0.25) is 0 Å². The quantitative estimate of drug-likeness (QED) is 0.618. The normalized spacial score (nSPS) is 23.4. The van der Waals surface area contributed by atoms with E-state index in [4.69, 9.17) is 4.74 Å². The van der Waals surface area contributed by atoms with E-state index < -0.39 is 0 Å². The van der Waals surface area contributed by atoms with Crippen molar-refractivity contribution >= 4 is 5.57 Å². The maximum Gasteiger partial charge on any atom is 0.119 e. The third-order valence-electron chi connectivity index (χ3n) is 5.16. The minimum absolute atomic E-state index is 0.400. The summed E-state index contributed by atoms with van der Waals surface area (Å²) in [6, 6.07) is 8.64. The van der Waals surface area contributed by atoms with Crippen molar-refractivity contribution in [3.8, 4) is 5.75 Å². The summed E-state index contributed by atoms with van der Waals surface area (Å²) in [6.45, 7) is 11.4. The van der Waals surface area contributed by atoms with Crippen LogP contribution in [0.1, 0.15) is 72.3 Å². The zero-order chi connectivity index (χ0) is 16.2. The lowest BCUT2D eigenvalue weighted by Crippen LogP contribution is -2.30. The fourth-order valence-corrected chi connectivity index (χ4v) is 3.56. The van der Waals surface area contributed by atoms with Gasteiger partial charge < -0.3 is 4.74 Å². The highest BCUT2D eigenvalue weighted by Crippen LogP contribution is 2.38. The Morgan fingerprint density at radius 2 is 1.68 bits per heavy atom. The summed E-state index contributed by atoms with van der Waals surface area (Å²) >= 11 is 0. The predicted molar refractivity (Wildman–Crippen MR) is 96.2 cm³/mol. The summed E-state index contributed by atoms with van der Waals surface area (Å²) in [6.07, 6.45) is 8.65. The average molecular weight is 300 g/mol. The molecule has 0 atom stereocenters. The third-order valence-corrected chi connectivity index (χ3v) is 5.16. The molecule has 0 aliphatic heterocycles. The van der Waals surface area contributed by atoms with Crippen LogP contribution in [0.4, 0.5) is 0 Å². The van der Waals surface area contributed by atoms with E-state index in [0.717, 1.165) is 18.1 Å². The van der Waals surface area contributed by atoms with Crippen LogP contribution in [0.25, 0.3) is 5.57 Å². The molecule has 0 spiro atoms. The molecule has 0 bridgehead atoms. The Kier molecular flexibility index (Phi) is 5.72. The van der Waals surface area contributed by atoms with Crippen molar-refractivity contribution < 1.29 is 4.74 Å². The number of ether oxygens (including phenoxy) is 1. The molecule has 2 rings (SSSR count). The van der Waals surface area contributed by atoms with Crippen LogP contribution in [0.3, 0.4) is 0 Å². The van der Waals surface area contributed by atoms with Gasteiger partial charge >= 0.3 is 0 Å². The molecule has 1 fully saturated rings. The molecule has 0 N–H and O–H groups in total. The maximum atomic E-state index is 6.20. The molecule has 0 heterocycles. The Morgan fingerprint density at radius 3 is 2.14 bits per heavy atom. The molecule has 1 aromatic carbocycles. The monoisotopic (exact) mass is 300 g/mol. The van der Waals surface area contributed by atoms with Gasteiger partial charge in [0.05, 0.1) is 6.10 Å². The Hall–Kier alpha value is -1.24. The van der Waals surface area contributed by atoms with Crippen molar-refractivity contribution in [1.29, 1.82) is 0 Å². The van der Waals surface area contributed by atoms with E-state index in [1.54, 1.807) is 0 Å². The first kappa shape index (κ1) is 17.1. The summed E-state index contributed by atoms with van der Waals surface area (Å²) in [5.41, 5.74) is 3.15. The van der Waals surface area contributed by atoms with Gasteiger partial charge in [0.2, 0.25) is 0 Å².